The minimum atomic E-state index is -4.30. The van der Waals surface area contributed by atoms with E-state index in [-0.39, 0.29) is 18.8 Å². The molecular formula is C10H14F3N3O. The van der Waals surface area contributed by atoms with E-state index in [0.717, 1.165) is 0 Å². The lowest BCUT2D eigenvalue weighted by atomic mass is 10.1. The Kier molecular flexibility index (Phi) is 4.68. The molecule has 0 aliphatic rings. The van der Waals surface area contributed by atoms with E-state index in [0.29, 0.717) is 5.69 Å². The van der Waals surface area contributed by atoms with Gasteiger partial charge in [0.1, 0.15) is 12.4 Å². The summed E-state index contributed by atoms with van der Waals surface area (Å²) in [5, 5.41) is 2.38. The largest absolute Gasteiger partial charge is 0.481 e. The molecule has 1 unspecified atom stereocenters. The van der Waals surface area contributed by atoms with E-state index in [1.165, 1.54) is 19.5 Å². The van der Waals surface area contributed by atoms with Gasteiger partial charge >= 0.3 is 6.18 Å². The van der Waals surface area contributed by atoms with Crippen molar-refractivity contribution < 1.29 is 17.9 Å². The summed E-state index contributed by atoms with van der Waals surface area (Å²) in [7, 11) is 1.40. The maximum atomic E-state index is 12.6. The zero-order chi connectivity index (χ0) is 12.9. The monoisotopic (exact) mass is 249 g/mol. The van der Waals surface area contributed by atoms with Crippen LogP contribution in [0.25, 0.3) is 0 Å². The lowest BCUT2D eigenvalue weighted by molar-refractivity contribution is -0.155. The Morgan fingerprint density at radius 1 is 1.41 bits per heavy atom. The fourth-order valence-corrected chi connectivity index (χ4v) is 1.36. The number of aromatic nitrogens is 2. The maximum absolute atomic E-state index is 12.6. The minimum absolute atomic E-state index is 0.240. The Morgan fingerprint density at radius 2 is 2.12 bits per heavy atom. The molecule has 0 aliphatic heterocycles. The zero-order valence-electron chi connectivity index (χ0n) is 9.58. The summed E-state index contributed by atoms with van der Waals surface area (Å²) in [6, 6.07) is -0.206. The summed E-state index contributed by atoms with van der Waals surface area (Å²) in [6.07, 6.45) is -3.35. The van der Waals surface area contributed by atoms with E-state index >= 15 is 0 Å². The number of likely N-dealkylation sites (N-methyl/N-ethyl adjacent to an activating group) is 1. The standard InChI is InChI=1S/C10H14F3N3O/c1-3-14-8(10(11,12)13)4-7-5-9(17-2)16-6-15-7/h5-6,8,14H,3-4H2,1-2H3. The van der Waals surface area contributed by atoms with E-state index < -0.39 is 12.2 Å². The second kappa shape index (κ2) is 5.81. The van der Waals surface area contributed by atoms with Crippen molar-refractivity contribution in [2.45, 2.75) is 25.6 Å². The Hall–Kier alpha value is -1.37. The topological polar surface area (TPSA) is 47.0 Å². The third kappa shape index (κ3) is 4.18. The van der Waals surface area contributed by atoms with Crippen LogP contribution in [0.3, 0.4) is 0 Å². The first-order valence-corrected chi connectivity index (χ1v) is 5.12. The number of nitrogens with zero attached hydrogens (tertiary/aromatic N) is 2. The van der Waals surface area contributed by atoms with Gasteiger partial charge in [-0.15, -0.1) is 0 Å². The molecule has 4 nitrogen and oxygen atoms in total. The Labute approximate surface area is 97.2 Å². The zero-order valence-corrected chi connectivity index (χ0v) is 9.58. The second-order valence-corrected chi connectivity index (χ2v) is 3.41. The molecule has 7 heteroatoms. The van der Waals surface area contributed by atoms with Gasteiger partial charge in [-0.25, -0.2) is 9.97 Å². The number of hydrogen-bond acceptors (Lipinski definition) is 4. The molecule has 1 rings (SSSR count). The van der Waals surface area contributed by atoms with Crippen LogP contribution in [0, 0.1) is 0 Å². The van der Waals surface area contributed by atoms with Gasteiger partial charge in [-0.3, -0.25) is 0 Å². The molecule has 0 amide bonds. The number of methoxy groups -OCH3 is 1. The molecule has 0 radical (unpaired) electrons. The summed E-state index contributed by atoms with van der Waals surface area (Å²) in [5.74, 6) is 0.257. The van der Waals surface area contributed by atoms with E-state index in [1.807, 2.05) is 0 Å². The minimum Gasteiger partial charge on any atom is -0.481 e. The Bertz CT molecular complexity index is 357. The third-order valence-electron chi connectivity index (χ3n) is 2.17. The smallest absolute Gasteiger partial charge is 0.404 e. The summed E-state index contributed by atoms with van der Waals surface area (Å²) >= 11 is 0. The van der Waals surface area contributed by atoms with Gasteiger partial charge < -0.3 is 10.1 Å². The van der Waals surface area contributed by atoms with Crippen molar-refractivity contribution in [3.05, 3.63) is 18.1 Å². The normalized spacial score (nSPS) is 13.5. The van der Waals surface area contributed by atoms with Gasteiger partial charge in [-0.1, -0.05) is 6.92 Å². The van der Waals surface area contributed by atoms with Crippen molar-refractivity contribution >= 4 is 0 Å². The molecule has 1 heterocycles. The number of halogens is 3. The number of nitrogens with one attached hydrogen (secondary N) is 1. The molecule has 1 aromatic heterocycles. The van der Waals surface area contributed by atoms with Gasteiger partial charge in [-0.05, 0) is 6.54 Å². The molecule has 0 bridgehead atoms. The van der Waals surface area contributed by atoms with Crippen LogP contribution in [0.4, 0.5) is 13.2 Å². The highest BCUT2D eigenvalue weighted by Gasteiger charge is 2.39. The molecule has 17 heavy (non-hydrogen) atoms. The van der Waals surface area contributed by atoms with Crippen molar-refractivity contribution in [1.82, 2.24) is 15.3 Å². The fraction of sp³-hybridized carbons (Fsp3) is 0.600. The summed E-state index contributed by atoms with van der Waals surface area (Å²) in [6.45, 7) is 1.87. The second-order valence-electron chi connectivity index (χ2n) is 3.41. The van der Waals surface area contributed by atoms with Gasteiger partial charge in [0.2, 0.25) is 5.88 Å². The van der Waals surface area contributed by atoms with Crippen molar-refractivity contribution in [2.24, 2.45) is 0 Å². The molecule has 0 aliphatic carbocycles. The molecule has 0 fully saturated rings. The van der Waals surface area contributed by atoms with Crippen molar-refractivity contribution in [3.63, 3.8) is 0 Å². The van der Waals surface area contributed by atoms with E-state index in [2.05, 4.69) is 15.3 Å². The van der Waals surface area contributed by atoms with Gasteiger partial charge in [0, 0.05) is 18.2 Å². The lowest BCUT2D eigenvalue weighted by Gasteiger charge is -2.20. The predicted octanol–water partition coefficient (Wildman–Crippen LogP) is 1.57. The quantitative estimate of drug-likeness (QED) is 0.860. The molecule has 96 valence electrons. The molecule has 0 saturated carbocycles. The first-order valence-electron chi connectivity index (χ1n) is 5.12. The molecular weight excluding hydrogens is 235 g/mol. The summed E-state index contributed by atoms with van der Waals surface area (Å²) < 4.78 is 42.7. The van der Waals surface area contributed by atoms with Crippen LogP contribution in [0.2, 0.25) is 0 Å². The third-order valence-corrected chi connectivity index (χ3v) is 2.17. The van der Waals surface area contributed by atoms with Crippen molar-refractivity contribution in [3.8, 4) is 5.88 Å². The molecule has 0 aromatic carbocycles. The van der Waals surface area contributed by atoms with Gasteiger partial charge in [0.25, 0.3) is 0 Å². The average molecular weight is 249 g/mol. The van der Waals surface area contributed by atoms with E-state index in [9.17, 15) is 13.2 Å². The Balaban J connectivity index is 2.78. The van der Waals surface area contributed by atoms with Crippen LogP contribution in [0.5, 0.6) is 5.88 Å². The number of hydrogen-bond donors (Lipinski definition) is 1. The maximum Gasteiger partial charge on any atom is 0.404 e. The first-order chi connectivity index (χ1) is 7.97. The highest BCUT2D eigenvalue weighted by Crippen LogP contribution is 2.23. The molecule has 1 atom stereocenters. The highest BCUT2D eigenvalue weighted by molar-refractivity contribution is 5.14. The first kappa shape index (κ1) is 13.7. The lowest BCUT2D eigenvalue weighted by Crippen LogP contribution is -2.43. The van der Waals surface area contributed by atoms with Crippen molar-refractivity contribution in [2.75, 3.05) is 13.7 Å². The summed E-state index contributed by atoms with van der Waals surface area (Å²) in [4.78, 5) is 7.53. The van der Waals surface area contributed by atoms with E-state index in [4.69, 9.17) is 4.74 Å². The van der Waals surface area contributed by atoms with E-state index in [1.54, 1.807) is 6.92 Å². The molecule has 0 spiro atoms. The molecule has 0 saturated heterocycles. The number of ether oxygens (including phenoxy) is 1. The van der Waals surface area contributed by atoms with Gasteiger partial charge in [0.15, 0.2) is 0 Å². The molecule has 1 N–H and O–H groups in total. The van der Waals surface area contributed by atoms with Crippen LogP contribution in [0.1, 0.15) is 12.6 Å². The van der Waals surface area contributed by atoms with Gasteiger partial charge in [0.05, 0.1) is 7.11 Å². The average Bonchev–Trinajstić information content (AvgIpc) is 2.27. The van der Waals surface area contributed by atoms with Crippen LogP contribution in [0.15, 0.2) is 12.4 Å². The fourth-order valence-electron chi connectivity index (χ4n) is 1.36. The SMILES string of the molecule is CCNC(Cc1cc(OC)ncn1)C(F)(F)F. The van der Waals surface area contributed by atoms with Crippen LogP contribution >= 0.6 is 0 Å². The van der Waals surface area contributed by atoms with Crippen LogP contribution < -0.4 is 10.1 Å². The van der Waals surface area contributed by atoms with Crippen LogP contribution in [-0.2, 0) is 6.42 Å². The van der Waals surface area contributed by atoms with Crippen LogP contribution in [-0.4, -0.2) is 35.8 Å². The Morgan fingerprint density at radius 3 is 2.65 bits per heavy atom. The number of alkyl halides is 3. The van der Waals surface area contributed by atoms with Gasteiger partial charge in [-0.2, -0.15) is 13.2 Å². The highest BCUT2D eigenvalue weighted by atomic mass is 19.4. The summed E-state index contributed by atoms with van der Waals surface area (Å²) in [5.41, 5.74) is 0.292. The number of rotatable bonds is 5. The van der Waals surface area contributed by atoms with Crippen molar-refractivity contribution in [1.29, 1.82) is 0 Å². The predicted molar refractivity (Wildman–Crippen MR) is 55.8 cm³/mol. The molecule has 1 aromatic rings.